The number of carbonyl (C=O) groups excluding carboxylic acids is 1. The van der Waals surface area contributed by atoms with Crippen molar-refractivity contribution in [3.63, 3.8) is 0 Å². The van der Waals surface area contributed by atoms with Gasteiger partial charge in [-0.2, -0.15) is 0 Å². The van der Waals surface area contributed by atoms with E-state index in [1.165, 1.54) is 44.2 Å². The van der Waals surface area contributed by atoms with Gasteiger partial charge in [0.05, 0.1) is 23.2 Å². The second kappa shape index (κ2) is 14.5. The number of H-pyrrole nitrogens is 1. The minimum Gasteiger partial charge on any atom is -0.375 e. The molecule has 0 radical (unpaired) electrons. The summed E-state index contributed by atoms with van der Waals surface area (Å²) >= 11 is 0. The fraction of sp³-hybridized carbons (Fsp3) is 0.618. The van der Waals surface area contributed by atoms with Crippen molar-refractivity contribution in [2.75, 3.05) is 25.0 Å². The van der Waals surface area contributed by atoms with E-state index >= 15 is 0 Å². The van der Waals surface area contributed by atoms with E-state index in [0.29, 0.717) is 11.3 Å². The Bertz CT molecular complexity index is 1270. The zero-order valence-corrected chi connectivity index (χ0v) is 25.6. The predicted octanol–water partition coefficient (Wildman–Crippen LogP) is 7.28. The van der Waals surface area contributed by atoms with E-state index in [2.05, 4.69) is 39.0 Å². The number of imidazole rings is 1. The number of rotatable bonds is 9. The summed E-state index contributed by atoms with van der Waals surface area (Å²) < 4.78 is 19.8. The van der Waals surface area contributed by atoms with E-state index in [9.17, 15) is 9.18 Å². The number of pyridine rings is 1. The lowest BCUT2D eigenvalue weighted by Gasteiger charge is -2.36. The molecule has 1 amide bonds. The molecule has 1 saturated heterocycles. The fourth-order valence-corrected chi connectivity index (χ4v) is 6.42. The summed E-state index contributed by atoms with van der Waals surface area (Å²) in [5.41, 5.74) is 2.29. The molecular weight excluding hydrogens is 529 g/mol. The molecule has 2 aromatic heterocycles. The summed E-state index contributed by atoms with van der Waals surface area (Å²) in [6.07, 6.45) is 15.4. The number of aromatic nitrogens is 3. The average Bonchev–Trinajstić information content (AvgIpc) is 3.80. The number of fused-ring (bicyclic) bond motifs is 1. The molecule has 3 aliphatic rings. The monoisotopic (exact) mass is 577 g/mol. The van der Waals surface area contributed by atoms with Gasteiger partial charge in [-0.1, -0.05) is 33.1 Å². The van der Waals surface area contributed by atoms with Crippen LogP contribution in [0.1, 0.15) is 84.5 Å². The quantitative estimate of drug-likeness (QED) is 0.279. The van der Waals surface area contributed by atoms with Gasteiger partial charge in [0.1, 0.15) is 17.5 Å². The SMILES string of the molecule is CCCCC(C)C1CC1.CNC(=O)C1CCC(OC2CCN(c3ccc(-c4nc5ccc(F)cc5[nH]4)cn3)CC2)CC1. The maximum Gasteiger partial charge on any atom is 0.222 e. The van der Waals surface area contributed by atoms with Gasteiger partial charge in [0, 0.05) is 37.8 Å². The zero-order chi connectivity index (χ0) is 29.5. The average molecular weight is 578 g/mol. The summed E-state index contributed by atoms with van der Waals surface area (Å²) in [4.78, 5) is 26.5. The molecule has 3 aromatic rings. The number of nitrogens with zero attached hydrogens (tertiary/aromatic N) is 3. The first-order valence-corrected chi connectivity index (χ1v) is 16.2. The summed E-state index contributed by atoms with van der Waals surface area (Å²) in [7, 11) is 1.71. The van der Waals surface area contributed by atoms with Crippen LogP contribution in [0, 0.1) is 23.6 Å². The van der Waals surface area contributed by atoms with Gasteiger partial charge in [0.2, 0.25) is 5.91 Å². The Morgan fingerprint density at radius 1 is 1.07 bits per heavy atom. The Labute approximate surface area is 250 Å². The number of carbonyl (C=O) groups is 1. The van der Waals surface area contributed by atoms with Gasteiger partial charge >= 0.3 is 0 Å². The summed E-state index contributed by atoms with van der Waals surface area (Å²) in [5, 5.41) is 2.76. The predicted molar refractivity (Wildman–Crippen MR) is 167 cm³/mol. The molecule has 2 saturated carbocycles. The molecule has 42 heavy (non-hydrogen) atoms. The molecule has 1 atom stereocenters. The van der Waals surface area contributed by atoms with Crippen LogP contribution in [0.15, 0.2) is 36.5 Å². The molecule has 228 valence electrons. The third-order valence-electron chi connectivity index (χ3n) is 9.35. The van der Waals surface area contributed by atoms with Crippen LogP contribution in [-0.2, 0) is 9.53 Å². The molecule has 0 bridgehead atoms. The minimum atomic E-state index is -0.282. The fourth-order valence-electron chi connectivity index (χ4n) is 6.42. The van der Waals surface area contributed by atoms with Gasteiger partial charge in [-0.25, -0.2) is 14.4 Å². The highest BCUT2D eigenvalue weighted by Crippen LogP contribution is 2.38. The van der Waals surface area contributed by atoms with Gasteiger partial charge in [-0.05, 0) is 93.5 Å². The standard InChI is InChI=1S/C25H30FN5O2.C9H18/c1-27-25(32)16-2-6-19(7-3-16)33-20-10-12-31(13-11-20)23-9-4-17(15-28-23)24-29-21-8-5-18(26)14-22(21)30-24;1-3-4-5-8(2)9-6-7-9/h4-5,8-9,14-16,19-20H,2-3,6-7,10-13H2,1H3,(H,27,32)(H,29,30);8-9H,3-7H2,1-2H3. The van der Waals surface area contributed by atoms with Crippen molar-refractivity contribution in [1.29, 1.82) is 0 Å². The van der Waals surface area contributed by atoms with Crippen LogP contribution in [0.3, 0.4) is 0 Å². The van der Waals surface area contributed by atoms with E-state index in [0.717, 1.165) is 80.3 Å². The van der Waals surface area contributed by atoms with E-state index in [4.69, 9.17) is 4.74 Å². The highest BCUT2D eigenvalue weighted by molar-refractivity contribution is 5.79. The van der Waals surface area contributed by atoms with Crippen molar-refractivity contribution in [3.05, 3.63) is 42.3 Å². The summed E-state index contributed by atoms with van der Waals surface area (Å²) in [5.74, 6) is 3.82. The highest BCUT2D eigenvalue weighted by Gasteiger charge is 2.29. The number of benzene rings is 1. The number of anilines is 1. The van der Waals surface area contributed by atoms with Crippen LogP contribution in [0.2, 0.25) is 0 Å². The highest BCUT2D eigenvalue weighted by atomic mass is 19.1. The lowest BCUT2D eigenvalue weighted by atomic mass is 9.86. The molecule has 3 heterocycles. The van der Waals surface area contributed by atoms with Crippen LogP contribution in [0.4, 0.5) is 10.2 Å². The molecule has 1 unspecified atom stereocenters. The molecule has 1 aliphatic heterocycles. The van der Waals surface area contributed by atoms with Crippen LogP contribution < -0.4 is 10.2 Å². The number of halogens is 1. The molecule has 2 N–H and O–H groups in total. The Morgan fingerprint density at radius 2 is 1.81 bits per heavy atom. The molecule has 2 aliphatic carbocycles. The van der Waals surface area contributed by atoms with Crippen molar-refractivity contribution < 1.29 is 13.9 Å². The van der Waals surface area contributed by atoms with Crippen LogP contribution in [-0.4, -0.2) is 53.2 Å². The van der Waals surface area contributed by atoms with Gasteiger partial charge < -0.3 is 19.9 Å². The number of hydrogen-bond donors (Lipinski definition) is 2. The molecule has 0 spiro atoms. The van der Waals surface area contributed by atoms with Gasteiger partial charge in [0.25, 0.3) is 0 Å². The Kier molecular flexibility index (Phi) is 10.5. The van der Waals surface area contributed by atoms with Crippen LogP contribution >= 0.6 is 0 Å². The van der Waals surface area contributed by atoms with Crippen LogP contribution in [0.5, 0.6) is 0 Å². The molecule has 7 nitrogen and oxygen atoms in total. The Balaban J connectivity index is 0.000000336. The van der Waals surface area contributed by atoms with Crippen molar-refractivity contribution in [2.24, 2.45) is 17.8 Å². The first-order valence-electron chi connectivity index (χ1n) is 16.2. The normalized spacial score (nSPS) is 22.0. The van der Waals surface area contributed by atoms with Gasteiger partial charge in [-0.3, -0.25) is 4.79 Å². The molecule has 6 rings (SSSR count). The number of ether oxygens (including phenoxy) is 1. The van der Waals surface area contributed by atoms with E-state index in [-0.39, 0.29) is 29.9 Å². The second-order valence-electron chi connectivity index (χ2n) is 12.5. The molecular formula is C34H48FN5O2. The van der Waals surface area contributed by atoms with Crippen LogP contribution in [0.25, 0.3) is 22.4 Å². The second-order valence-corrected chi connectivity index (χ2v) is 12.5. The smallest absolute Gasteiger partial charge is 0.222 e. The first-order chi connectivity index (χ1) is 20.4. The summed E-state index contributed by atoms with van der Waals surface area (Å²) in [6.45, 7) is 6.51. The Morgan fingerprint density at radius 3 is 2.45 bits per heavy atom. The lowest BCUT2D eigenvalue weighted by Crippen LogP contribution is -2.40. The zero-order valence-electron chi connectivity index (χ0n) is 25.6. The summed E-state index contributed by atoms with van der Waals surface area (Å²) in [6, 6.07) is 8.56. The van der Waals surface area contributed by atoms with Crippen molar-refractivity contribution >= 4 is 22.8 Å². The van der Waals surface area contributed by atoms with Crippen molar-refractivity contribution in [3.8, 4) is 11.4 Å². The molecule has 3 fully saturated rings. The number of nitrogens with one attached hydrogen (secondary N) is 2. The van der Waals surface area contributed by atoms with E-state index in [1.807, 2.05) is 18.3 Å². The molecule has 1 aromatic carbocycles. The minimum absolute atomic E-state index is 0.145. The third-order valence-corrected chi connectivity index (χ3v) is 9.35. The van der Waals surface area contributed by atoms with E-state index in [1.54, 1.807) is 13.1 Å². The maximum atomic E-state index is 13.4. The Hall–Kier alpha value is -3.00. The number of hydrogen-bond acceptors (Lipinski definition) is 5. The number of unbranched alkanes of at least 4 members (excludes halogenated alkanes) is 1. The third kappa shape index (κ3) is 8.09. The largest absolute Gasteiger partial charge is 0.375 e. The molecule has 8 heteroatoms. The number of piperidine rings is 1. The van der Waals surface area contributed by atoms with Crippen molar-refractivity contribution in [1.82, 2.24) is 20.3 Å². The maximum absolute atomic E-state index is 13.4. The topological polar surface area (TPSA) is 83.1 Å². The van der Waals surface area contributed by atoms with Gasteiger partial charge in [0.15, 0.2) is 0 Å². The van der Waals surface area contributed by atoms with E-state index < -0.39 is 0 Å². The lowest BCUT2D eigenvalue weighted by molar-refractivity contribution is -0.127. The first kappa shape index (κ1) is 30.5. The number of amides is 1. The number of aromatic amines is 1. The van der Waals surface area contributed by atoms with Crippen molar-refractivity contribution in [2.45, 2.75) is 96.7 Å². The van der Waals surface area contributed by atoms with Gasteiger partial charge in [-0.15, -0.1) is 0 Å².